The van der Waals surface area contributed by atoms with Gasteiger partial charge in [0.2, 0.25) is 0 Å². The van der Waals surface area contributed by atoms with Crippen molar-refractivity contribution < 1.29 is 4.92 Å². The Bertz CT molecular complexity index is 577. The molecule has 0 aliphatic heterocycles. The smallest absolute Gasteiger partial charge is 0.293 e. The van der Waals surface area contributed by atoms with Crippen molar-refractivity contribution in [2.75, 3.05) is 6.54 Å². The molecule has 0 fully saturated rings. The second-order valence-corrected chi connectivity index (χ2v) is 3.95. The number of hydrogen-bond acceptors (Lipinski definition) is 4. The van der Waals surface area contributed by atoms with E-state index in [1.54, 1.807) is 23.0 Å². The van der Waals surface area contributed by atoms with E-state index in [1.165, 1.54) is 6.07 Å². The van der Waals surface area contributed by atoms with Crippen LogP contribution in [0.1, 0.15) is 11.4 Å². The normalized spacial score (nSPS) is 10.6. The molecular weight excluding hydrogens is 232 g/mol. The van der Waals surface area contributed by atoms with Crippen molar-refractivity contribution in [1.29, 1.82) is 0 Å². The molecule has 1 aromatic heterocycles. The van der Waals surface area contributed by atoms with Crippen LogP contribution < -0.4 is 5.73 Å². The van der Waals surface area contributed by atoms with E-state index in [2.05, 4.69) is 4.98 Å². The van der Waals surface area contributed by atoms with Crippen molar-refractivity contribution in [3.8, 4) is 5.69 Å². The van der Waals surface area contributed by atoms with Gasteiger partial charge in [-0.25, -0.2) is 4.98 Å². The summed E-state index contributed by atoms with van der Waals surface area (Å²) in [5, 5.41) is 11.1. The fourth-order valence-corrected chi connectivity index (χ4v) is 1.96. The third kappa shape index (κ3) is 2.10. The highest BCUT2D eigenvalue weighted by Gasteiger charge is 2.18. The zero-order valence-corrected chi connectivity index (χ0v) is 10.0. The van der Waals surface area contributed by atoms with Gasteiger partial charge in [0.25, 0.3) is 5.69 Å². The molecule has 0 amide bonds. The number of nitro groups is 1. The quantitative estimate of drug-likeness (QED) is 0.655. The molecule has 0 aliphatic carbocycles. The first-order valence-corrected chi connectivity index (χ1v) is 5.62. The zero-order valence-electron chi connectivity index (χ0n) is 10.0. The number of rotatable bonds is 4. The Morgan fingerprint density at radius 2 is 2.28 bits per heavy atom. The van der Waals surface area contributed by atoms with E-state index in [9.17, 15) is 10.1 Å². The summed E-state index contributed by atoms with van der Waals surface area (Å²) in [4.78, 5) is 14.9. The fourth-order valence-electron chi connectivity index (χ4n) is 1.96. The van der Waals surface area contributed by atoms with Crippen LogP contribution in [-0.4, -0.2) is 21.0 Å². The molecule has 0 spiro atoms. The molecule has 1 heterocycles. The Hall–Kier alpha value is -2.21. The molecule has 2 aromatic rings. The van der Waals surface area contributed by atoms with E-state index in [-0.39, 0.29) is 10.6 Å². The van der Waals surface area contributed by atoms with Crippen LogP contribution in [0.25, 0.3) is 5.69 Å². The summed E-state index contributed by atoms with van der Waals surface area (Å²) in [6.07, 6.45) is 3.93. The van der Waals surface area contributed by atoms with Crippen molar-refractivity contribution in [1.82, 2.24) is 9.55 Å². The first kappa shape index (κ1) is 12.3. The maximum Gasteiger partial charge on any atom is 0.293 e. The summed E-state index contributed by atoms with van der Waals surface area (Å²) < 4.78 is 1.74. The largest absolute Gasteiger partial charge is 0.330 e. The number of aryl methyl sites for hydroxylation is 1. The average Bonchev–Trinajstić information content (AvgIpc) is 2.77. The van der Waals surface area contributed by atoms with Crippen LogP contribution in [0.3, 0.4) is 0 Å². The molecule has 94 valence electrons. The van der Waals surface area contributed by atoms with Gasteiger partial charge in [-0.2, -0.15) is 0 Å². The van der Waals surface area contributed by atoms with Crippen LogP contribution in [0, 0.1) is 17.0 Å². The predicted octanol–water partition coefficient (Wildman–Crippen LogP) is 1.59. The number of aromatic nitrogens is 2. The topological polar surface area (TPSA) is 87.0 Å². The Labute approximate surface area is 104 Å². The molecule has 2 N–H and O–H groups in total. The number of hydrogen-bond donors (Lipinski definition) is 1. The summed E-state index contributed by atoms with van der Waals surface area (Å²) >= 11 is 0. The average molecular weight is 246 g/mol. The molecule has 1 aromatic carbocycles. The first-order chi connectivity index (χ1) is 8.65. The van der Waals surface area contributed by atoms with Crippen molar-refractivity contribution in [2.45, 2.75) is 13.3 Å². The lowest BCUT2D eigenvalue weighted by Gasteiger charge is -2.10. The molecule has 2 rings (SSSR count). The lowest BCUT2D eigenvalue weighted by atomic mass is 10.1. The molecular formula is C12H14N4O2. The van der Waals surface area contributed by atoms with Gasteiger partial charge in [0.05, 0.1) is 4.92 Å². The number of nitrogens with zero attached hydrogens (tertiary/aromatic N) is 3. The van der Waals surface area contributed by atoms with Crippen LogP contribution in [0.4, 0.5) is 5.69 Å². The Kier molecular flexibility index (Phi) is 3.38. The molecule has 6 nitrogen and oxygen atoms in total. The standard InChI is InChI=1S/C12H14N4O2/c1-9-3-2-4-10(16(17)18)12(9)15-8-7-14-11(15)5-6-13/h2-4,7-8H,5-6,13H2,1H3. The van der Waals surface area contributed by atoms with Gasteiger partial charge in [-0.1, -0.05) is 12.1 Å². The highest BCUT2D eigenvalue weighted by atomic mass is 16.6. The van der Waals surface area contributed by atoms with Gasteiger partial charge in [0, 0.05) is 24.9 Å². The van der Waals surface area contributed by atoms with E-state index in [0.29, 0.717) is 18.7 Å². The van der Waals surface area contributed by atoms with Gasteiger partial charge in [-0.3, -0.25) is 14.7 Å². The maximum atomic E-state index is 11.1. The molecule has 0 radical (unpaired) electrons. The Morgan fingerprint density at radius 1 is 1.50 bits per heavy atom. The van der Waals surface area contributed by atoms with E-state index >= 15 is 0 Å². The van der Waals surface area contributed by atoms with Crippen LogP contribution in [-0.2, 0) is 6.42 Å². The maximum absolute atomic E-state index is 11.1. The first-order valence-electron chi connectivity index (χ1n) is 5.62. The second kappa shape index (κ2) is 4.97. The van der Waals surface area contributed by atoms with Gasteiger partial charge in [-0.05, 0) is 19.0 Å². The number of nitrogens with two attached hydrogens (primary N) is 1. The lowest BCUT2D eigenvalue weighted by Crippen LogP contribution is -2.10. The molecule has 0 aliphatic rings. The molecule has 0 bridgehead atoms. The number of benzene rings is 1. The minimum Gasteiger partial charge on any atom is -0.330 e. The summed E-state index contributed by atoms with van der Waals surface area (Å²) in [5.41, 5.74) is 6.98. The van der Waals surface area contributed by atoms with Crippen molar-refractivity contribution in [2.24, 2.45) is 5.73 Å². The monoisotopic (exact) mass is 246 g/mol. The van der Waals surface area contributed by atoms with Crippen molar-refractivity contribution >= 4 is 5.69 Å². The summed E-state index contributed by atoms with van der Waals surface area (Å²) in [6, 6.07) is 5.01. The Balaban J connectivity index is 2.62. The highest BCUT2D eigenvalue weighted by Crippen LogP contribution is 2.27. The minimum atomic E-state index is -0.380. The summed E-state index contributed by atoms with van der Waals surface area (Å²) in [5.74, 6) is 0.731. The zero-order chi connectivity index (χ0) is 13.1. The second-order valence-electron chi connectivity index (χ2n) is 3.95. The SMILES string of the molecule is Cc1cccc([N+](=O)[O-])c1-n1ccnc1CCN. The third-order valence-corrected chi connectivity index (χ3v) is 2.74. The fraction of sp³-hybridized carbons (Fsp3) is 0.250. The van der Waals surface area contributed by atoms with Gasteiger partial charge >= 0.3 is 0 Å². The lowest BCUT2D eigenvalue weighted by molar-refractivity contribution is -0.384. The molecule has 0 unspecified atom stereocenters. The van der Waals surface area contributed by atoms with E-state index in [4.69, 9.17) is 5.73 Å². The van der Waals surface area contributed by atoms with Gasteiger partial charge in [0.1, 0.15) is 11.5 Å². The summed E-state index contributed by atoms with van der Waals surface area (Å²) in [7, 11) is 0. The van der Waals surface area contributed by atoms with E-state index in [0.717, 1.165) is 11.4 Å². The van der Waals surface area contributed by atoms with E-state index < -0.39 is 0 Å². The summed E-state index contributed by atoms with van der Waals surface area (Å²) in [6.45, 7) is 2.30. The Morgan fingerprint density at radius 3 is 2.94 bits per heavy atom. The molecule has 0 saturated heterocycles. The van der Waals surface area contributed by atoms with Crippen LogP contribution >= 0.6 is 0 Å². The molecule has 0 atom stereocenters. The molecule has 6 heteroatoms. The number of imidazole rings is 1. The number of nitro benzene ring substituents is 1. The number of para-hydroxylation sites is 1. The van der Waals surface area contributed by atoms with Crippen molar-refractivity contribution in [3.63, 3.8) is 0 Å². The molecule has 0 saturated carbocycles. The van der Waals surface area contributed by atoms with Crippen LogP contribution in [0.2, 0.25) is 0 Å². The predicted molar refractivity (Wildman–Crippen MR) is 67.7 cm³/mol. The highest BCUT2D eigenvalue weighted by molar-refractivity contribution is 5.57. The minimum absolute atomic E-state index is 0.0753. The van der Waals surface area contributed by atoms with Gasteiger partial charge in [0.15, 0.2) is 0 Å². The third-order valence-electron chi connectivity index (χ3n) is 2.74. The van der Waals surface area contributed by atoms with Gasteiger partial charge in [-0.15, -0.1) is 0 Å². The van der Waals surface area contributed by atoms with E-state index in [1.807, 2.05) is 13.0 Å². The van der Waals surface area contributed by atoms with Gasteiger partial charge < -0.3 is 5.73 Å². The van der Waals surface area contributed by atoms with Crippen LogP contribution in [0.5, 0.6) is 0 Å². The molecule has 18 heavy (non-hydrogen) atoms. The van der Waals surface area contributed by atoms with Crippen molar-refractivity contribution in [3.05, 3.63) is 52.1 Å². The van der Waals surface area contributed by atoms with Crippen LogP contribution in [0.15, 0.2) is 30.6 Å².